The van der Waals surface area contributed by atoms with Crippen molar-refractivity contribution in [1.82, 2.24) is 5.32 Å². The molecule has 148 valence electrons. The van der Waals surface area contributed by atoms with Crippen molar-refractivity contribution in [2.45, 2.75) is 6.42 Å². The zero-order chi connectivity index (χ0) is 20.8. The van der Waals surface area contributed by atoms with Gasteiger partial charge in [0.25, 0.3) is 11.6 Å². The molecule has 0 fully saturated rings. The smallest absolute Gasteiger partial charge is 0.313 e. The molecule has 5 N–H and O–H groups in total. The Morgan fingerprint density at radius 2 is 1.90 bits per heavy atom. The van der Waals surface area contributed by atoms with Crippen LogP contribution in [0.4, 0.5) is 0 Å². The van der Waals surface area contributed by atoms with E-state index >= 15 is 0 Å². The Morgan fingerprint density at radius 3 is 2.69 bits per heavy atom. The van der Waals surface area contributed by atoms with Crippen molar-refractivity contribution in [1.29, 1.82) is 0 Å². The topological polar surface area (TPSA) is 116 Å². The second kappa shape index (κ2) is 9.07. The summed E-state index contributed by atoms with van der Waals surface area (Å²) in [5.74, 6) is -0.0531. The monoisotopic (exact) mass is 412 g/mol. The Kier molecular flexibility index (Phi) is 6.31. The van der Waals surface area contributed by atoms with Crippen LogP contribution >= 0.6 is 11.6 Å². The number of pyridine rings is 1. The maximum absolute atomic E-state index is 12.2. The molecule has 0 bridgehead atoms. The van der Waals surface area contributed by atoms with E-state index in [2.05, 4.69) is 10.3 Å². The number of nitrogens with two attached hydrogens (primary N) is 1. The number of rotatable bonds is 7. The van der Waals surface area contributed by atoms with E-state index < -0.39 is 11.8 Å². The number of aromatic hydroxyl groups is 1. The third-order valence-electron chi connectivity index (χ3n) is 4.08. The molecule has 7 nitrogen and oxygen atoms in total. The lowest BCUT2D eigenvalue weighted by Gasteiger charge is -2.09. The molecule has 8 heteroatoms. The molecule has 29 heavy (non-hydrogen) atoms. The number of benzene rings is 2. The summed E-state index contributed by atoms with van der Waals surface area (Å²) < 4.78 is 5.77. The highest BCUT2D eigenvalue weighted by atomic mass is 35.5. The van der Waals surface area contributed by atoms with Gasteiger partial charge in [-0.15, -0.1) is 0 Å². The fourth-order valence-electron chi connectivity index (χ4n) is 2.66. The van der Waals surface area contributed by atoms with E-state index in [4.69, 9.17) is 22.1 Å². The predicted octanol–water partition coefficient (Wildman–Crippen LogP) is 2.72. The number of hydrogen-bond donors (Lipinski definition) is 3. The number of primary amides is 1. The van der Waals surface area contributed by atoms with E-state index in [0.29, 0.717) is 29.5 Å². The first-order valence-corrected chi connectivity index (χ1v) is 9.15. The number of aromatic amines is 1. The van der Waals surface area contributed by atoms with Crippen LogP contribution in [0, 0.1) is 0 Å². The van der Waals surface area contributed by atoms with Crippen molar-refractivity contribution in [2.24, 2.45) is 5.73 Å². The van der Waals surface area contributed by atoms with Crippen molar-refractivity contribution < 1.29 is 24.4 Å². The first-order chi connectivity index (χ1) is 13.9. The summed E-state index contributed by atoms with van der Waals surface area (Å²) in [6.45, 7) is 0.361. The standard InChI is InChI=1S/C21H18ClN3O4/c22-14-4-5-19(26)17(11-14)21(28)25-8-6-13-2-1-3-15(10-13)29-16-7-9-24-18(12-16)20(23)27/h1-5,7,9-12,26H,6,8H2,(H2,23,27)(H,25,28)/p+1. The van der Waals surface area contributed by atoms with Crippen LogP contribution in [0.2, 0.25) is 5.02 Å². The van der Waals surface area contributed by atoms with Crippen LogP contribution < -0.4 is 20.8 Å². The van der Waals surface area contributed by atoms with Crippen molar-refractivity contribution in [3.63, 3.8) is 0 Å². The van der Waals surface area contributed by atoms with Gasteiger partial charge in [0.05, 0.1) is 11.6 Å². The molecule has 0 unspecified atom stereocenters. The average Bonchev–Trinajstić information content (AvgIpc) is 2.70. The van der Waals surface area contributed by atoms with E-state index in [-0.39, 0.29) is 17.0 Å². The largest absolute Gasteiger partial charge is 0.507 e. The van der Waals surface area contributed by atoms with Crippen molar-refractivity contribution >= 4 is 23.4 Å². The van der Waals surface area contributed by atoms with Gasteiger partial charge in [0.15, 0.2) is 6.20 Å². The van der Waals surface area contributed by atoms with Crippen LogP contribution in [0.3, 0.4) is 0 Å². The number of phenols is 1. The molecule has 1 heterocycles. The molecule has 3 aromatic rings. The summed E-state index contributed by atoms with van der Waals surface area (Å²) in [5.41, 5.74) is 6.56. The minimum absolute atomic E-state index is 0.126. The van der Waals surface area contributed by atoms with Gasteiger partial charge in [0, 0.05) is 17.6 Å². The first kappa shape index (κ1) is 20.2. The van der Waals surface area contributed by atoms with Crippen LogP contribution in [0.15, 0.2) is 60.8 Å². The van der Waals surface area contributed by atoms with Crippen LogP contribution in [0.25, 0.3) is 0 Å². The van der Waals surface area contributed by atoms with Crippen molar-refractivity contribution in [3.05, 3.63) is 82.6 Å². The summed E-state index contributed by atoms with van der Waals surface area (Å²) in [6.07, 6.45) is 2.12. The van der Waals surface area contributed by atoms with E-state index in [1.165, 1.54) is 24.3 Å². The molecule has 0 spiro atoms. The molecule has 0 saturated heterocycles. The number of aromatic nitrogens is 1. The Morgan fingerprint density at radius 1 is 1.10 bits per heavy atom. The highest BCUT2D eigenvalue weighted by Gasteiger charge is 2.12. The Bertz CT molecular complexity index is 1060. The summed E-state index contributed by atoms with van der Waals surface area (Å²) in [5, 5.41) is 12.9. The fourth-order valence-corrected chi connectivity index (χ4v) is 2.83. The zero-order valence-corrected chi connectivity index (χ0v) is 16.1. The second-order valence-corrected chi connectivity index (χ2v) is 6.66. The Labute approximate surface area is 172 Å². The van der Waals surface area contributed by atoms with Crippen molar-refractivity contribution in [2.75, 3.05) is 6.54 Å². The number of amides is 2. The summed E-state index contributed by atoms with van der Waals surface area (Å²) in [7, 11) is 0. The fraction of sp³-hybridized carbons (Fsp3) is 0.0952. The molecule has 0 aliphatic rings. The van der Waals surface area contributed by atoms with Gasteiger partial charge < -0.3 is 20.9 Å². The molecule has 3 rings (SSSR count). The predicted molar refractivity (Wildman–Crippen MR) is 107 cm³/mol. The Hall–Kier alpha value is -3.58. The zero-order valence-electron chi connectivity index (χ0n) is 15.3. The van der Waals surface area contributed by atoms with E-state index in [1.54, 1.807) is 18.3 Å². The number of carbonyl (C=O) groups excluding carboxylic acids is 2. The molecule has 0 atom stereocenters. The summed E-state index contributed by atoms with van der Waals surface area (Å²) in [4.78, 5) is 26.2. The minimum Gasteiger partial charge on any atom is -0.507 e. The van der Waals surface area contributed by atoms with Gasteiger partial charge in [-0.2, -0.15) is 0 Å². The molecule has 0 aliphatic carbocycles. The summed E-state index contributed by atoms with van der Waals surface area (Å²) >= 11 is 5.87. The van der Waals surface area contributed by atoms with Gasteiger partial charge in [-0.25, -0.2) is 4.98 Å². The molecule has 2 aromatic carbocycles. The van der Waals surface area contributed by atoms with E-state index in [9.17, 15) is 14.7 Å². The number of carbonyl (C=O) groups is 2. The van der Waals surface area contributed by atoms with Crippen LogP contribution in [-0.4, -0.2) is 23.5 Å². The molecule has 2 amide bonds. The molecular formula is C21H19ClN3O4+. The lowest BCUT2D eigenvalue weighted by molar-refractivity contribution is -0.382. The van der Waals surface area contributed by atoms with Gasteiger partial charge in [-0.3, -0.25) is 9.59 Å². The molecule has 1 aromatic heterocycles. The maximum atomic E-state index is 12.2. The SMILES string of the molecule is NC(=O)c1cc(Oc2cccc(CCNC(=O)c3cc(Cl)ccc3O)c2)cc[nH+]1. The van der Waals surface area contributed by atoms with Crippen molar-refractivity contribution in [3.8, 4) is 17.2 Å². The summed E-state index contributed by atoms with van der Waals surface area (Å²) in [6, 6.07) is 14.9. The van der Waals surface area contributed by atoms with Gasteiger partial charge in [0.2, 0.25) is 0 Å². The van der Waals surface area contributed by atoms with Gasteiger partial charge in [0.1, 0.15) is 17.2 Å². The minimum atomic E-state index is -0.578. The quantitative estimate of drug-likeness (QED) is 0.553. The number of phenolic OH excluding ortho intramolecular Hbond substituents is 1. The number of H-pyrrole nitrogens is 1. The number of ether oxygens (including phenoxy) is 1. The molecule has 0 radical (unpaired) electrons. The molecule has 0 aliphatic heterocycles. The van der Waals surface area contributed by atoms with E-state index in [0.717, 1.165) is 5.56 Å². The third kappa shape index (κ3) is 5.46. The maximum Gasteiger partial charge on any atom is 0.313 e. The number of halogens is 1. The van der Waals surface area contributed by atoms with E-state index in [1.807, 2.05) is 18.2 Å². The number of hydrogen-bond acceptors (Lipinski definition) is 4. The van der Waals surface area contributed by atoms with Crippen LogP contribution in [0.1, 0.15) is 26.4 Å². The first-order valence-electron chi connectivity index (χ1n) is 8.77. The molecule has 0 saturated carbocycles. The second-order valence-electron chi connectivity index (χ2n) is 6.22. The average molecular weight is 413 g/mol. The third-order valence-corrected chi connectivity index (χ3v) is 4.31. The van der Waals surface area contributed by atoms with Gasteiger partial charge in [-0.1, -0.05) is 23.7 Å². The highest BCUT2D eigenvalue weighted by molar-refractivity contribution is 6.31. The lowest BCUT2D eigenvalue weighted by Crippen LogP contribution is -2.25. The highest BCUT2D eigenvalue weighted by Crippen LogP contribution is 2.23. The molecular weight excluding hydrogens is 394 g/mol. The Balaban J connectivity index is 1.60. The van der Waals surface area contributed by atoms with Crippen LogP contribution in [0.5, 0.6) is 17.2 Å². The number of nitrogens with one attached hydrogen (secondary N) is 2. The van der Waals surface area contributed by atoms with Crippen LogP contribution in [-0.2, 0) is 6.42 Å². The van der Waals surface area contributed by atoms with Gasteiger partial charge in [-0.05, 0) is 42.3 Å². The lowest BCUT2D eigenvalue weighted by atomic mass is 10.1. The normalized spacial score (nSPS) is 10.4. The van der Waals surface area contributed by atoms with Gasteiger partial charge >= 0.3 is 5.91 Å².